The molecular weight excluding hydrogens is 168 g/mol. The first kappa shape index (κ1) is 10.5. The van der Waals surface area contributed by atoms with E-state index in [1.165, 1.54) is 0 Å². The molecule has 2 unspecified atom stereocenters. The minimum absolute atomic E-state index is 0.112. The Morgan fingerprint density at radius 1 is 1.77 bits per heavy atom. The molecule has 1 saturated heterocycles. The van der Waals surface area contributed by atoms with Crippen LogP contribution in [0.4, 0.5) is 0 Å². The number of amides is 1. The van der Waals surface area contributed by atoms with Gasteiger partial charge in [0.25, 0.3) is 0 Å². The minimum Gasteiger partial charge on any atom is -0.380 e. The second-order valence-corrected chi connectivity index (χ2v) is 3.65. The number of nitrogens with two attached hydrogens (primary N) is 1. The van der Waals surface area contributed by atoms with E-state index in [9.17, 15) is 4.79 Å². The molecule has 0 spiro atoms. The topological polar surface area (TPSA) is 55.6 Å². The Balaban J connectivity index is 2.39. The number of nitrogens with zero attached hydrogens (tertiary/aromatic N) is 1. The zero-order chi connectivity index (χ0) is 9.84. The van der Waals surface area contributed by atoms with Crippen molar-refractivity contribution in [1.82, 2.24) is 4.90 Å². The molecule has 4 nitrogen and oxygen atoms in total. The van der Waals surface area contributed by atoms with E-state index in [1.807, 2.05) is 11.8 Å². The van der Waals surface area contributed by atoms with Crippen molar-refractivity contribution in [3.63, 3.8) is 0 Å². The maximum Gasteiger partial charge on any atom is 0.223 e. The molecule has 1 amide bonds. The van der Waals surface area contributed by atoms with Crippen molar-refractivity contribution >= 4 is 5.91 Å². The molecule has 0 saturated carbocycles. The van der Waals surface area contributed by atoms with Crippen LogP contribution in [0.3, 0.4) is 0 Å². The monoisotopic (exact) mass is 186 g/mol. The number of carbonyl (C=O) groups excluding carboxylic acids is 1. The van der Waals surface area contributed by atoms with E-state index in [4.69, 9.17) is 10.5 Å². The van der Waals surface area contributed by atoms with Crippen molar-refractivity contribution in [2.75, 3.05) is 26.7 Å². The van der Waals surface area contributed by atoms with Gasteiger partial charge in [0.1, 0.15) is 0 Å². The van der Waals surface area contributed by atoms with Crippen molar-refractivity contribution in [3.05, 3.63) is 0 Å². The van der Waals surface area contributed by atoms with Crippen molar-refractivity contribution in [2.24, 2.45) is 11.7 Å². The summed E-state index contributed by atoms with van der Waals surface area (Å²) in [6.45, 7) is 4.04. The Bertz CT molecular complexity index is 184. The number of ether oxygens (including phenoxy) is 1. The van der Waals surface area contributed by atoms with E-state index >= 15 is 0 Å². The second kappa shape index (κ2) is 4.58. The highest BCUT2D eigenvalue weighted by Crippen LogP contribution is 2.16. The van der Waals surface area contributed by atoms with Gasteiger partial charge in [-0.05, 0) is 19.4 Å². The van der Waals surface area contributed by atoms with Gasteiger partial charge in [-0.1, -0.05) is 0 Å². The van der Waals surface area contributed by atoms with Gasteiger partial charge in [0.15, 0.2) is 0 Å². The van der Waals surface area contributed by atoms with Crippen LogP contribution in [0.5, 0.6) is 0 Å². The average Bonchev–Trinajstić information content (AvgIpc) is 2.47. The van der Waals surface area contributed by atoms with E-state index in [1.54, 1.807) is 7.11 Å². The molecule has 76 valence electrons. The van der Waals surface area contributed by atoms with Gasteiger partial charge in [0.05, 0.1) is 6.10 Å². The predicted molar refractivity (Wildman–Crippen MR) is 50.2 cm³/mol. The summed E-state index contributed by atoms with van der Waals surface area (Å²) >= 11 is 0. The highest BCUT2D eigenvalue weighted by molar-refractivity contribution is 5.78. The van der Waals surface area contributed by atoms with Crippen LogP contribution in [0.15, 0.2) is 0 Å². The third-order valence-corrected chi connectivity index (χ3v) is 2.51. The number of methoxy groups -OCH3 is 1. The third kappa shape index (κ3) is 2.67. The molecule has 0 aromatic carbocycles. The Kier molecular flexibility index (Phi) is 3.69. The lowest BCUT2D eigenvalue weighted by molar-refractivity contribution is -0.129. The first-order valence-electron chi connectivity index (χ1n) is 4.68. The van der Waals surface area contributed by atoms with E-state index in [-0.39, 0.29) is 12.0 Å². The average molecular weight is 186 g/mol. The Morgan fingerprint density at radius 2 is 2.46 bits per heavy atom. The third-order valence-electron chi connectivity index (χ3n) is 2.51. The van der Waals surface area contributed by atoms with Gasteiger partial charge in [-0.3, -0.25) is 4.79 Å². The quantitative estimate of drug-likeness (QED) is 0.663. The van der Waals surface area contributed by atoms with Crippen LogP contribution in [0, 0.1) is 5.92 Å². The molecule has 0 bridgehead atoms. The Morgan fingerprint density at radius 3 is 2.92 bits per heavy atom. The van der Waals surface area contributed by atoms with E-state index < -0.39 is 0 Å². The van der Waals surface area contributed by atoms with Gasteiger partial charge in [0, 0.05) is 26.6 Å². The zero-order valence-electron chi connectivity index (χ0n) is 8.32. The van der Waals surface area contributed by atoms with E-state index in [2.05, 4.69) is 0 Å². The Hall–Kier alpha value is -0.610. The molecule has 13 heavy (non-hydrogen) atoms. The molecule has 1 aliphatic rings. The number of rotatable bonds is 4. The minimum atomic E-state index is 0.112. The van der Waals surface area contributed by atoms with Gasteiger partial charge in [-0.15, -0.1) is 0 Å². The molecule has 4 heteroatoms. The molecule has 0 aromatic heterocycles. The second-order valence-electron chi connectivity index (χ2n) is 3.65. The first-order valence-corrected chi connectivity index (χ1v) is 4.68. The van der Waals surface area contributed by atoms with Crippen LogP contribution in [-0.4, -0.2) is 43.7 Å². The maximum atomic E-state index is 11.4. The number of hydrogen-bond donors (Lipinski definition) is 1. The molecule has 1 fully saturated rings. The van der Waals surface area contributed by atoms with Gasteiger partial charge in [-0.2, -0.15) is 0 Å². The number of likely N-dealkylation sites (tertiary alicyclic amines) is 1. The lowest BCUT2D eigenvalue weighted by atomic mass is 10.1. The summed E-state index contributed by atoms with van der Waals surface area (Å²) in [7, 11) is 1.66. The molecule has 2 N–H and O–H groups in total. The standard InChI is InChI=1S/C9H18N2O2/c1-7(13-2)5-11-6-8(4-10)3-9(11)12/h7-8H,3-6,10H2,1-2H3. The lowest BCUT2D eigenvalue weighted by Gasteiger charge is -2.20. The fraction of sp³-hybridized carbons (Fsp3) is 0.889. The highest BCUT2D eigenvalue weighted by atomic mass is 16.5. The SMILES string of the molecule is COC(C)CN1CC(CN)CC1=O. The summed E-state index contributed by atoms with van der Waals surface area (Å²) in [5.41, 5.74) is 5.51. The van der Waals surface area contributed by atoms with Crippen molar-refractivity contribution in [2.45, 2.75) is 19.4 Å². The normalized spacial score (nSPS) is 25.3. The molecule has 1 aliphatic heterocycles. The van der Waals surface area contributed by atoms with Gasteiger partial charge >= 0.3 is 0 Å². The number of hydrogen-bond acceptors (Lipinski definition) is 3. The fourth-order valence-electron chi connectivity index (χ4n) is 1.57. The first-order chi connectivity index (χ1) is 6.17. The summed E-state index contributed by atoms with van der Waals surface area (Å²) in [5.74, 6) is 0.552. The summed E-state index contributed by atoms with van der Waals surface area (Å²) in [5, 5.41) is 0. The molecule has 0 aromatic rings. The van der Waals surface area contributed by atoms with Gasteiger partial charge < -0.3 is 15.4 Å². The molecule has 0 radical (unpaired) electrons. The van der Waals surface area contributed by atoms with Crippen LogP contribution in [0.25, 0.3) is 0 Å². The fourth-order valence-corrected chi connectivity index (χ4v) is 1.57. The molecule has 2 atom stereocenters. The molecule has 1 heterocycles. The maximum absolute atomic E-state index is 11.4. The summed E-state index contributed by atoms with van der Waals surface area (Å²) in [6, 6.07) is 0. The lowest BCUT2D eigenvalue weighted by Crippen LogP contribution is -2.33. The van der Waals surface area contributed by atoms with Crippen LogP contribution in [0.1, 0.15) is 13.3 Å². The summed E-state index contributed by atoms with van der Waals surface area (Å²) in [6.07, 6.45) is 0.716. The highest BCUT2D eigenvalue weighted by Gasteiger charge is 2.29. The van der Waals surface area contributed by atoms with Gasteiger partial charge in [-0.25, -0.2) is 0 Å². The summed E-state index contributed by atoms with van der Waals surface area (Å²) < 4.78 is 5.10. The van der Waals surface area contributed by atoms with Gasteiger partial charge in [0.2, 0.25) is 5.91 Å². The van der Waals surface area contributed by atoms with Crippen LogP contribution >= 0.6 is 0 Å². The van der Waals surface area contributed by atoms with Crippen molar-refractivity contribution in [3.8, 4) is 0 Å². The predicted octanol–water partition coefficient (Wildman–Crippen LogP) is -0.171. The summed E-state index contributed by atoms with van der Waals surface area (Å²) in [4.78, 5) is 13.2. The number of carbonyl (C=O) groups is 1. The molecular formula is C9H18N2O2. The van der Waals surface area contributed by atoms with E-state index in [0.717, 1.165) is 6.54 Å². The van der Waals surface area contributed by atoms with Crippen LogP contribution in [0.2, 0.25) is 0 Å². The van der Waals surface area contributed by atoms with Crippen molar-refractivity contribution < 1.29 is 9.53 Å². The largest absolute Gasteiger partial charge is 0.380 e. The zero-order valence-corrected chi connectivity index (χ0v) is 8.32. The molecule has 0 aliphatic carbocycles. The Labute approximate surface area is 79.0 Å². The smallest absolute Gasteiger partial charge is 0.223 e. The molecule has 1 rings (SSSR count). The van der Waals surface area contributed by atoms with Crippen molar-refractivity contribution in [1.29, 1.82) is 0 Å². The van der Waals surface area contributed by atoms with Crippen LogP contribution < -0.4 is 5.73 Å². The van der Waals surface area contributed by atoms with E-state index in [0.29, 0.717) is 25.4 Å². The van der Waals surface area contributed by atoms with Crippen LogP contribution in [-0.2, 0) is 9.53 Å².